The second-order valence-electron chi connectivity index (χ2n) is 11.0. The molecule has 1 saturated heterocycles. The molecule has 1 spiro atoms. The van der Waals surface area contributed by atoms with Crippen molar-refractivity contribution in [2.75, 3.05) is 32.1 Å². The standard InChI is InChI=1S/C30H34N4O5/c1-34-12-9-22(10-13-34)32-28(37)21-7-8-26-23(16-21)30(11-14-39-26)17-24(30)29(38)33-25-15-19(18-31)5-6-20(25)3-2-4-27(35)36/h5-8,15-16,22,24H,2-4,9-14,17H2,1H3,(H,32,37)(H,33,38)(H,35,36)/t24-,30-/m0/s1. The van der Waals surface area contributed by atoms with Gasteiger partial charge in [-0.05, 0) is 94.6 Å². The number of carboxylic acids is 1. The summed E-state index contributed by atoms with van der Waals surface area (Å²) in [5.41, 5.74) is 2.86. The predicted octanol–water partition coefficient (Wildman–Crippen LogP) is 3.47. The molecule has 0 unspecified atom stereocenters. The Kier molecular flexibility index (Phi) is 7.58. The number of carbonyl (C=O) groups excluding carboxylic acids is 2. The first-order valence-electron chi connectivity index (χ1n) is 13.6. The third-order valence-electron chi connectivity index (χ3n) is 8.36. The zero-order chi connectivity index (χ0) is 27.6. The van der Waals surface area contributed by atoms with Crippen molar-refractivity contribution in [3.63, 3.8) is 0 Å². The fourth-order valence-corrected chi connectivity index (χ4v) is 5.94. The van der Waals surface area contributed by atoms with E-state index in [2.05, 4.69) is 28.7 Å². The number of likely N-dealkylation sites (tertiary alicyclic amines) is 1. The van der Waals surface area contributed by atoms with Crippen LogP contribution in [0.3, 0.4) is 0 Å². The number of hydrogen-bond donors (Lipinski definition) is 3. The summed E-state index contributed by atoms with van der Waals surface area (Å²) >= 11 is 0. The molecule has 2 atom stereocenters. The van der Waals surface area contributed by atoms with E-state index in [1.165, 1.54) is 0 Å². The number of nitrogens with zero attached hydrogens (tertiary/aromatic N) is 2. The van der Waals surface area contributed by atoms with Crippen LogP contribution < -0.4 is 15.4 Å². The highest BCUT2D eigenvalue weighted by Gasteiger charge is 2.61. The summed E-state index contributed by atoms with van der Waals surface area (Å²) < 4.78 is 5.90. The van der Waals surface area contributed by atoms with Crippen molar-refractivity contribution >= 4 is 23.5 Å². The molecule has 0 radical (unpaired) electrons. The van der Waals surface area contributed by atoms with Gasteiger partial charge < -0.3 is 25.4 Å². The maximum Gasteiger partial charge on any atom is 0.303 e. The van der Waals surface area contributed by atoms with Crippen LogP contribution in [0.25, 0.3) is 0 Å². The van der Waals surface area contributed by atoms with Gasteiger partial charge in [0, 0.05) is 40.6 Å². The average molecular weight is 531 g/mol. The van der Waals surface area contributed by atoms with Gasteiger partial charge in [-0.15, -0.1) is 0 Å². The molecule has 39 heavy (non-hydrogen) atoms. The van der Waals surface area contributed by atoms with E-state index in [1.807, 2.05) is 12.1 Å². The number of ether oxygens (including phenoxy) is 1. The van der Waals surface area contributed by atoms with Crippen molar-refractivity contribution in [2.45, 2.75) is 56.4 Å². The van der Waals surface area contributed by atoms with E-state index in [0.717, 1.165) is 37.1 Å². The summed E-state index contributed by atoms with van der Waals surface area (Å²) in [7, 11) is 2.09. The highest BCUT2D eigenvalue weighted by atomic mass is 16.5. The lowest BCUT2D eigenvalue weighted by molar-refractivity contribution is -0.137. The lowest BCUT2D eigenvalue weighted by Gasteiger charge is -2.30. The van der Waals surface area contributed by atoms with Gasteiger partial charge in [-0.2, -0.15) is 5.26 Å². The minimum atomic E-state index is -0.869. The third-order valence-corrected chi connectivity index (χ3v) is 8.36. The lowest BCUT2D eigenvalue weighted by atomic mass is 9.86. The van der Waals surface area contributed by atoms with Gasteiger partial charge >= 0.3 is 5.97 Å². The number of nitrogens with one attached hydrogen (secondary N) is 2. The number of hydrogen-bond acceptors (Lipinski definition) is 6. The van der Waals surface area contributed by atoms with E-state index >= 15 is 0 Å². The summed E-state index contributed by atoms with van der Waals surface area (Å²) in [6, 6.07) is 12.9. The molecule has 1 saturated carbocycles. The minimum absolute atomic E-state index is 0.0314. The van der Waals surface area contributed by atoms with Crippen molar-refractivity contribution in [1.82, 2.24) is 10.2 Å². The fourth-order valence-electron chi connectivity index (χ4n) is 5.94. The first-order valence-corrected chi connectivity index (χ1v) is 13.6. The summed E-state index contributed by atoms with van der Waals surface area (Å²) in [6.45, 7) is 2.42. The predicted molar refractivity (Wildman–Crippen MR) is 145 cm³/mol. The number of fused-ring (bicyclic) bond motifs is 2. The van der Waals surface area contributed by atoms with Gasteiger partial charge in [0.15, 0.2) is 0 Å². The number of anilines is 1. The van der Waals surface area contributed by atoms with Crippen LogP contribution in [0.2, 0.25) is 0 Å². The summed E-state index contributed by atoms with van der Waals surface area (Å²) in [5.74, 6) is -0.683. The molecule has 3 N–H and O–H groups in total. The molecule has 2 heterocycles. The molecular formula is C30H34N4O5. The highest BCUT2D eigenvalue weighted by Crippen LogP contribution is 2.61. The molecule has 0 bridgehead atoms. The summed E-state index contributed by atoms with van der Waals surface area (Å²) in [4.78, 5) is 39.8. The van der Waals surface area contributed by atoms with E-state index in [4.69, 9.17) is 9.84 Å². The van der Waals surface area contributed by atoms with Crippen molar-refractivity contribution in [3.8, 4) is 11.8 Å². The normalized spacial score (nSPS) is 22.3. The maximum atomic E-state index is 13.5. The van der Waals surface area contributed by atoms with Gasteiger partial charge in [-0.3, -0.25) is 14.4 Å². The number of aliphatic carboxylic acids is 1. The topological polar surface area (TPSA) is 132 Å². The van der Waals surface area contributed by atoms with Gasteiger partial charge in [-0.1, -0.05) is 6.07 Å². The van der Waals surface area contributed by atoms with Crippen molar-refractivity contribution in [2.24, 2.45) is 5.92 Å². The number of aryl methyl sites for hydroxylation is 1. The highest BCUT2D eigenvalue weighted by molar-refractivity contribution is 5.98. The molecule has 2 amide bonds. The first-order chi connectivity index (χ1) is 18.8. The molecule has 2 aromatic carbocycles. The Morgan fingerprint density at radius 1 is 1.18 bits per heavy atom. The van der Waals surface area contributed by atoms with Gasteiger partial charge in [0.1, 0.15) is 5.75 Å². The Labute approximate surface area is 228 Å². The molecule has 2 fully saturated rings. The Hall–Kier alpha value is -3.90. The van der Waals surface area contributed by atoms with E-state index in [-0.39, 0.29) is 30.2 Å². The monoisotopic (exact) mass is 530 g/mol. The summed E-state index contributed by atoms with van der Waals surface area (Å²) in [6.07, 6.45) is 4.13. The molecule has 1 aliphatic carbocycles. The molecule has 5 rings (SSSR count). The molecule has 204 valence electrons. The molecule has 3 aliphatic rings. The van der Waals surface area contributed by atoms with E-state index in [0.29, 0.717) is 54.9 Å². The van der Waals surface area contributed by atoms with E-state index in [9.17, 15) is 19.6 Å². The van der Waals surface area contributed by atoms with Gasteiger partial charge in [-0.25, -0.2) is 0 Å². The van der Waals surface area contributed by atoms with Crippen LogP contribution in [0, 0.1) is 17.2 Å². The Morgan fingerprint density at radius 2 is 1.97 bits per heavy atom. The number of benzene rings is 2. The van der Waals surface area contributed by atoms with Crippen LogP contribution in [-0.4, -0.2) is 60.6 Å². The van der Waals surface area contributed by atoms with Crippen LogP contribution in [0.5, 0.6) is 5.75 Å². The number of amides is 2. The van der Waals surface area contributed by atoms with Gasteiger partial charge in [0.25, 0.3) is 5.91 Å². The van der Waals surface area contributed by atoms with Gasteiger partial charge in [0.2, 0.25) is 5.91 Å². The van der Waals surface area contributed by atoms with Crippen molar-refractivity contribution in [3.05, 3.63) is 58.7 Å². The van der Waals surface area contributed by atoms with Crippen LogP contribution >= 0.6 is 0 Å². The van der Waals surface area contributed by atoms with Crippen LogP contribution in [0.15, 0.2) is 36.4 Å². The van der Waals surface area contributed by atoms with Crippen LogP contribution in [0.4, 0.5) is 5.69 Å². The number of nitriles is 1. The number of carbonyl (C=O) groups is 3. The molecule has 2 aliphatic heterocycles. The SMILES string of the molecule is CN1CCC(NC(=O)c2ccc3c(c2)[C@]2(CCO3)C[C@H]2C(=O)Nc2cc(C#N)ccc2CCCC(=O)O)CC1. The van der Waals surface area contributed by atoms with Crippen LogP contribution in [-0.2, 0) is 21.4 Å². The molecule has 9 heteroatoms. The quantitative estimate of drug-likeness (QED) is 0.476. The zero-order valence-electron chi connectivity index (χ0n) is 22.2. The third kappa shape index (κ3) is 5.76. The van der Waals surface area contributed by atoms with Crippen molar-refractivity contribution in [1.29, 1.82) is 5.26 Å². The minimum Gasteiger partial charge on any atom is -0.493 e. The molecule has 0 aromatic heterocycles. The maximum absolute atomic E-state index is 13.5. The molecule has 2 aromatic rings. The van der Waals surface area contributed by atoms with E-state index < -0.39 is 11.4 Å². The average Bonchev–Trinajstić information content (AvgIpc) is 3.65. The largest absolute Gasteiger partial charge is 0.493 e. The molecular weight excluding hydrogens is 496 g/mol. The first kappa shape index (κ1) is 26.7. The lowest BCUT2D eigenvalue weighted by Crippen LogP contribution is -2.43. The van der Waals surface area contributed by atoms with Gasteiger partial charge in [0.05, 0.1) is 18.2 Å². The summed E-state index contributed by atoms with van der Waals surface area (Å²) in [5, 5.41) is 24.5. The second-order valence-corrected chi connectivity index (χ2v) is 11.0. The number of piperidine rings is 1. The smallest absolute Gasteiger partial charge is 0.303 e. The van der Waals surface area contributed by atoms with Crippen LogP contribution in [0.1, 0.15) is 65.6 Å². The molecule has 9 nitrogen and oxygen atoms in total. The second kappa shape index (κ2) is 11.1. The Balaban J connectivity index is 1.31. The number of rotatable bonds is 8. The van der Waals surface area contributed by atoms with E-state index in [1.54, 1.807) is 24.3 Å². The Bertz CT molecular complexity index is 1330. The zero-order valence-corrected chi connectivity index (χ0v) is 22.2. The van der Waals surface area contributed by atoms with Crippen molar-refractivity contribution < 1.29 is 24.2 Å². The number of carboxylic acid groups (broad SMARTS) is 1. The Morgan fingerprint density at radius 3 is 2.72 bits per heavy atom. The fraction of sp³-hybridized carbons (Fsp3) is 0.467.